The van der Waals surface area contributed by atoms with E-state index in [1.807, 2.05) is 18.2 Å². The number of nitrogens with zero attached hydrogens (tertiary/aromatic N) is 1. The molecule has 1 heterocycles. The first-order chi connectivity index (χ1) is 8.69. The molecule has 0 bridgehead atoms. The Labute approximate surface area is 112 Å². The molecule has 0 saturated carbocycles. The van der Waals surface area contributed by atoms with Crippen LogP contribution in [0.1, 0.15) is 19.4 Å². The highest BCUT2D eigenvalue weighted by atomic mass is 32.1. The van der Waals surface area contributed by atoms with E-state index in [2.05, 4.69) is 18.7 Å². The molecular formula is C14H17NO2S. The molecule has 0 aliphatic carbocycles. The minimum absolute atomic E-state index is 0.0267. The van der Waals surface area contributed by atoms with E-state index in [4.69, 9.17) is 16.6 Å². The molecule has 0 unspecified atom stereocenters. The van der Waals surface area contributed by atoms with Gasteiger partial charge >= 0.3 is 0 Å². The summed E-state index contributed by atoms with van der Waals surface area (Å²) in [4.78, 5) is 2.24. The highest BCUT2D eigenvalue weighted by Gasteiger charge is 2.07. The number of hydrogen-bond donors (Lipinski definition) is 1. The van der Waals surface area contributed by atoms with Gasteiger partial charge in [0.05, 0.1) is 6.61 Å². The molecule has 0 aliphatic rings. The number of benzene rings is 1. The lowest BCUT2D eigenvalue weighted by molar-refractivity contribution is 0.282. The van der Waals surface area contributed by atoms with Crippen molar-refractivity contribution >= 4 is 28.9 Å². The maximum absolute atomic E-state index is 9.33. The second-order valence-electron chi connectivity index (χ2n) is 4.10. The zero-order chi connectivity index (χ0) is 13.1. The lowest BCUT2D eigenvalue weighted by Gasteiger charge is -2.21. The third-order valence-electron chi connectivity index (χ3n) is 3.11. The van der Waals surface area contributed by atoms with Crippen LogP contribution in [-0.4, -0.2) is 18.2 Å². The molecule has 18 heavy (non-hydrogen) atoms. The quantitative estimate of drug-likeness (QED) is 0.857. The average Bonchev–Trinajstić information content (AvgIpc) is 2.38. The van der Waals surface area contributed by atoms with Gasteiger partial charge < -0.3 is 14.4 Å². The van der Waals surface area contributed by atoms with Gasteiger partial charge in [0, 0.05) is 30.2 Å². The summed E-state index contributed by atoms with van der Waals surface area (Å²) < 4.78 is 5.97. The smallest absolute Gasteiger partial charge is 0.191 e. The summed E-state index contributed by atoms with van der Waals surface area (Å²) in [6, 6.07) is 7.71. The van der Waals surface area contributed by atoms with Crippen molar-refractivity contribution in [3.05, 3.63) is 34.5 Å². The van der Waals surface area contributed by atoms with Crippen molar-refractivity contribution in [2.45, 2.75) is 20.5 Å². The van der Waals surface area contributed by atoms with E-state index < -0.39 is 0 Å². The second-order valence-corrected chi connectivity index (χ2v) is 4.50. The van der Waals surface area contributed by atoms with Gasteiger partial charge in [0.15, 0.2) is 4.71 Å². The van der Waals surface area contributed by atoms with Gasteiger partial charge in [-0.1, -0.05) is 0 Å². The first-order valence-electron chi connectivity index (χ1n) is 6.12. The SMILES string of the molecule is CCN(CC)c1ccc2c(CO)cc(=S)oc2c1. The lowest BCUT2D eigenvalue weighted by atomic mass is 10.1. The van der Waals surface area contributed by atoms with E-state index in [0.29, 0.717) is 4.71 Å². The molecular weight excluding hydrogens is 246 g/mol. The van der Waals surface area contributed by atoms with Gasteiger partial charge in [-0.25, -0.2) is 0 Å². The van der Waals surface area contributed by atoms with Gasteiger partial charge in [-0.05, 0) is 49.8 Å². The van der Waals surface area contributed by atoms with Gasteiger partial charge in [0.2, 0.25) is 0 Å². The Hall–Kier alpha value is -1.39. The minimum atomic E-state index is -0.0267. The number of fused-ring (bicyclic) bond motifs is 1. The van der Waals surface area contributed by atoms with Crippen molar-refractivity contribution < 1.29 is 9.52 Å². The van der Waals surface area contributed by atoms with Crippen LogP contribution in [0.3, 0.4) is 0 Å². The molecule has 0 amide bonds. The van der Waals surface area contributed by atoms with Gasteiger partial charge in [0.1, 0.15) is 5.58 Å². The predicted octanol–water partition coefficient (Wildman–Crippen LogP) is 3.50. The molecule has 2 aromatic rings. The molecule has 0 aliphatic heterocycles. The number of hydrogen-bond acceptors (Lipinski definition) is 4. The fourth-order valence-electron chi connectivity index (χ4n) is 2.13. The van der Waals surface area contributed by atoms with Crippen LogP contribution in [0, 0.1) is 4.71 Å². The van der Waals surface area contributed by atoms with E-state index in [9.17, 15) is 5.11 Å². The number of aliphatic hydroxyl groups is 1. The molecule has 0 spiro atoms. The zero-order valence-corrected chi connectivity index (χ0v) is 11.5. The first-order valence-corrected chi connectivity index (χ1v) is 6.53. The van der Waals surface area contributed by atoms with Gasteiger partial charge in [-0.3, -0.25) is 0 Å². The highest BCUT2D eigenvalue weighted by molar-refractivity contribution is 7.71. The average molecular weight is 263 g/mol. The fraction of sp³-hybridized carbons (Fsp3) is 0.357. The summed E-state index contributed by atoms with van der Waals surface area (Å²) in [5, 5.41) is 10.3. The molecule has 1 N–H and O–H groups in total. The molecule has 3 nitrogen and oxygen atoms in total. The molecule has 0 atom stereocenters. The van der Waals surface area contributed by atoms with E-state index in [-0.39, 0.29) is 6.61 Å². The summed E-state index contributed by atoms with van der Waals surface area (Å²) in [6.45, 7) is 6.10. The van der Waals surface area contributed by atoms with Gasteiger partial charge in [-0.15, -0.1) is 0 Å². The molecule has 1 aromatic carbocycles. The number of anilines is 1. The predicted molar refractivity (Wildman–Crippen MR) is 76.5 cm³/mol. The molecule has 1 aromatic heterocycles. The Morgan fingerprint density at radius 1 is 1.22 bits per heavy atom. The second kappa shape index (κ2) is 5.50. The third kappa shape index (κ3) is 2.40. The van der Waals surface area contributed by atoms with Crippen LogP contribution in [0.2, 0.25) is 0 Å². The Bertz CT molecular complexity index is 602. The van der Waals surface area contributed by atoms with E-state index in [1.54, 1.807) is 6.07 Å². The van der Waals surface area contributed by atoms with Crippen molar-refractivity contribution in [1.82, 2.24) is 0 Å². The van der Waals surface area contributed by atoms with Crippen LogP contribution < -0.4 is 4.90 Å². The van der Waals surface area contributed by atoms with E-state index in [0.717, 1.165) is 35.3 Å². The first kappa shape index (κ1) is 13.1. The summed E-state index contributed by atoms with van der Waals surface area (Å²) in [7, 11) is 0. The van der Waals surface area contributed by atoms with Crippen molar-refractivity contribution in [2.75, 3.05) is 18.0 Å². The zero-order valence-electron chi connectivity index (χ0n) is 10.6. The van der Waals surface area contributed by atoms with Crippen LogP contribution >= 0.6 is 12.2 Å². The fourth-order valence-corrected chi connectivity index (χ4v) is 2.37. The van der Waals surface area contributed by atoms with Crippen molar-refractivity contribution in [1.29, 1.82) is 0 Å². The maximum atomic E-state index is 9.33. The Morgan fingerprint density at radius 3 is 2.56 bits per heavy atom. The number of aliphatic hydroxyl groups excluding tert-OH is 1. The Kier molecular flexibility index (Phi) is 3.99. The third-order valence-corrected chi connectivity index (χ3v) is 3.31. The maximum Gasteiger partial charge on any atom is 0.191 e. The van der Waals surface area contributed by atoms with Crippen LogP contribution in [0.15, 0.2) is 28.7 Å². The standard InChI is InChI=1S/C14H17NO2S/c1-3-15(4-2)11-5-6-12-10(9-16)7-14(18)17-13(12)8-11/h5-8,16H,3-4,9H2,1-2H3. The molecule has 2 rings (SSSR count). The summed E-state index contributed by atoms with van der Waals surface area (Å²) in [6.07, 6.45) is 0. The monoisotopic (exact) mass is 263 g/mol. The minimum Gasteiger partial charge on any atom is -0.445 e. The van der Waals surface area contributed by atoms with Crippen LogP contribution in [0.5, 0.6) is 0 Å². The lowest BCUT2D eigenvalue weighted by Crippen LogP contribution is -2.21. The van der Waals surface area contributed by atoms with Crippen LogP contribution in [-0.2, 0) is 6.61 Å². The van der Waals surface area contributed by atoms with Crippen molar-refractivity contribution in [2.24, 2.45) is 0 Å². The van der Waals surface area contributed by atoms with Crippen molar-refractivity contribution in [3.63, 3.8) is 0 Å². The summed E-state index contributed by atoms with van der Waals surface area (Å²) in [5.41, 5.74) is 2.66. The largest absolute Gasteiger partial charge is 0.445 e. The normalized spacial score (nSPS) is 10.8. The Balaban J connectivity index is 2.61. The molecule has 0 fully saturated rings. The number of rotatable bonds is 4. The summed E-state index contributed by atoms with van der Waals surface area (Å²) >= 11 is 5.07. The van der Waals surface area contributed by atoms with Crippen molar-refractivity contribution in [3.8, 4) is 0 Å². The van der Waals surface area contributed by atoms with Crippen LogP contribution in [0.4, 0.5) is 5.69 Å². The molecule has 96 valence electrons. The highest BCUT2D eigenvalue weighted by Crippen LogP contribution is 2.25. The van der Waals surface area contributed by atoms with E-state index >= 15 is 0 Å². The Morgan fingerprint density at radius 2 is 1.94 bits per heavy atom. The molecule has 0 saturated heterocycles. The molecule has 0 radical (unpaired) electrons. The molecule has 4 heteroatoms. The topological polar surface area (TPSA) is 36.6 Å². The van der Waals surface area contributed by atoms with E-state index in [1.165, 1.54) is 0 Å². The van der Waals surface area contributed by atoms with Gasteiger partial charge in [-0.2, -0.15) is 0 Å². The van der Waals surface area contributed by atoms with Gasteiger partial charge in [0.25, 0.3) is 0 Å². The van der Waals surface area contributed by atoms with Crippen LogP contribution in [0.25, 0.3) is 11.0 Å². The summed E-state index contributed by atoms with van der Waals surface area (Å²) in [5.74, 6) is 0.